The summed E-state index contributed by atoms with van der Waals surface area (Å²) in [5.74, 6) is 0.872. The summed E-state index contributed by atoms with van der Waals surface area (Å²) in [6.45, 7) is 7.82. The molecule has 5 heteroatoms. The lowest BCUT2D eigenvalue weighted by Crippen LogP contribution is -2.52. The van der Waals surface area contributed by atoms with Gasteiger partial charge in [-0.1, -0.05) is 30.3 Å². The summed E-state index contributed by atoms with van der Waals surface area (Å²) >= 11 is 0. The molecule has 3 rings (SSSR count). The fraction of sp³-hybridized carbons (Fsp3) is 0.500. The van der Waals surface area contributed by atoms with Crippen LogP contribution in [0.2, 0.25) is 0 Å². The zero-order valence-corrected chi connectivity index (χ0v) is 17.9. The maximum atomic E-state index is 9.61. The first-order valence-corrected chi connectivity index (χ1v) is 10.4. The second kappa shape index (κ2) is 10.7. The molecular weight excluding hydrogens is 364 g/mol. The van der Waals surface area contributed by atoms with Gasteiger partial charge in [-0.25, -0.2) is 0 Å². The quantitative estimate of drug-likeness (QED) is 0.703. The normalized spacial score (nSPS) is 18.1. The van der Waals surface area contributed by atoms with Crippen molar-refractivity contribution < 1.29 is 14.6 Å². The molecule has 29 heavy (non-hydrogen) atoms. The minimum atomic E-state index is 0.225. The van der Waals surface area contributed by atoms with Gasteiger partial charge in [0.2, 0.25) is 0 Å². The lowest BCUT2D eigenvalue weighted by Gasteiger charge is -2.41. The van der Waals surface area contributed by atoms with Crippen LogP contribution >= 0.6 is 0 Å². The second-order valence-electron chi connectivity index (χ2n) is 7.88. The van der Waals surface area contributed by atoms with Gasteiger partial charge in [-0.2, -0.15) is 0 Å². The number of benzene rings is 2. The molecule has 1 heterocycles. The maximum Gasteiger partial charge on any atom is 0.124 e. The number of aryl methyl sites for hydroxylation is 1. The summed E-state index contributed by atoms with van der Waals surface area (Å²) < 4.78 is 10.8. The first kappa shape index (κ1) is 21.8. The molecule has 0 aromatic heterocycles. The van der Waals surface area contributed by atoms with Crippen LogP contribution in [0.5, 0.6) is 5.75 Å². The fourth-order valence-corrected chi connectivity index (χ4v) is 4.19. The third-order valence-corrected chi connectivity index (χ3v) is 5.84. The van der Waals surface area contributed by atoms with Crippen LogP contribution in [0, 0.1) is 6.92 Å². The van der Waals surface area contributed by atoms with Crippen molar-refractivity contribution in [3.63, 3.8) is 0 Å². The molecule has 1 aliphatic heterocycles. The highest BCUT2D eigenvalue weighted by Crippen LogP contribution is 2.23. The molecule has 1 N–H and O–H groups in total. The highest BCUT2D eigenvalue weighted by Gasteiger charge is 2.27. The van der Waals surface area contributed by atoms with Crippen molar-refractivity contribution in [1.29, 1.82) is 0 Å². The monoisotopic (exact) mass is 398 g/mol. The molecule has 158 valence electrons. The van der Waals surface area contributed by atoms with Crippen LogP contribution in [0.3, 0.4) is 0 Å². The highest BCUT2D eigenvalue weighted by molar-refractivity contribution is 5.37. The Morgan fingerprint density at radius 2 is 1.86 bits per heavy atom. The second-order valence-corrected chi connectivity index (χ2v) is 7.88. The van der Waals surface area contributed by atoms with E-state index in [1.54, 1.807) is 14.2 Å². The minimum absolute atomic E-state index is 0.225. The number of nitrogens with zero attached hydrogens (tertiary/aromatic N) is 2. The van der Waals surface area contributed by atoms with Crippen molar-refractivity contribution >= 4 is 0 Å². The van der Waals surface area contributed by atoms with Crippen molar-refractivity contribution in [3.8, 4) is 5.75 Å². The Kier molecular flexibility index (Phi) is 8.07. The molecule has 2 aromatic carbocycles. The predicted octanol–water partition coefficient (Wildman–Crippen LogP) is 3.22. The van der Waals surface area contributed by atoms with E-state index in [9.17, 15) is 5.11 Å². The largest absolute Gasteiger partial charge is 0.496 e. The smallest absolute Gasteiger partial charge is 0.124 e. The van der Waals surface area contributed by atoms with E-state index in [1.807, 2.05) is 6.07 Å². The van der Waals surface area contributed by atoms with Gasteiger partial charge in [0.15, 0.2) is 0 Å². The van der Waals surface area contributed by atoms with Crippen LogP contribution in [-0.2, 0) is 24.4 Å². The average molecular weight is 399 g/mol. The molecular formula is C24H34N2O3. The van der Waals surface area contributed by atoms with Crippen molar-refractivity contribution in [2.75, 3.05) is 40.5 Å². The molecule has 0 amide bonds. The molecule has 1 unspecified atom stereocenters. The molecule has 0 saturated carbocycles. The standard InChI is InChI=1S/C24H34N2O3/c1-19-6-4-5-7-21(19)16-26-12-11-25(17-23(26)10-13-27)15-20-8-9-24(29-3)22(14-20)18-28-2/h4-9,14,23,27H,10-13,15-18H2,1-3H3. The molecule has 2 aromatic rings. The zero-order valence-electron chi connectivity index (χ0n) is 17.9. The highest BCUT2D eigenvalue weighted by atomic mass is 16.5. The Bertz CT molecular complexity index is 780. The third-order valence-electron chi connectivity index (χ3n) is 5.84. The van der Waals surface area contributed by atoms with Crippen molar-refractivity contribution in [1.82, 2.24) is 9.80 Å². The lowest BCUT2D eigenvalue weighted by atomic mass is 10.0. The number of ether oxygens (including phenoxy) is 2. The van der Waals surface area contributed by atoms with Gasteiger partial charge in [0.25, 0.3) is 0 Å². The van der Waals surface area contributed by atoms with E-state index in [0.29, 0.717) is 12.6 Å². The Balaban J connectivity index is 1.66. The number of aliphatic hydroxyl groups excluding tert-OH is 1. The van der Waals surface area contributed by atoms with Crippen molar-refractivity contribution in [2.24, 2.45) is 0 Å². The number of piperazine rings is 1. The average Bonchev–Trinajstić information content (AvgIpc) is 2.72. The number of methoxy groups -OCH3 is 2. The van der Waals surface area contributed by atoms with E-state index >= 15 is 0 Å². The van der Waals surface area contributed by atoms with E-state index in [2.05, 4.69) is 53.1 Å². The Hall–Kier alpha value is -1.92. The lowest BCUT2D eigenvalue weighted by molar-refractivity contribution is 0.0498. The topological polar surface area (TPSA) is 45.2 Å². The van der Waals surface area contributed by atoms with Crippen LogP contribution in [0.4, 0.5) is 0 Å². The number of rotatable bonds is 9. The van der Waals surface area contributed by atoms with Crippen LogP contribution in [-0.4, -0.2) is 61.4 Å². The predicted molar refractivity (Wildman–Crippen MR) is 116 cm³/mol. The van der Waals surface area contributed by atoms with E-state index in [4.69, 9.17) is 9.47 Å². The Labute approximate surface area is 174 Å². The fourth-order valence-electron chi connectivity index (χ4n) is 4.19. The van der Waals surface area contributed by atoms with Crippen LogP contribution in [0.1, 0.15) is 28.7 Å². The summed E-state index contributed by atoms with van der Waals surface area (Å²) in [6.07, 6.45) is 0.805. The van der Waals surface area contributed by atoms with E-state index in [0.717, 1.165) is 50.5 Å². The van der Waals surface area contributed by atoms with Crippen molar-refractivity contribution in [2.45, 2.75) is 39.1 Å². The van der Waals surface area contributed by atoms with Gasteiger partial charge in [0.1, 0.15) is 5.75 Å². The first-order chi connectivity index (χ1) is 14.1. The van der Waals surface area contributed by atoms with Crippen LogP contribution in [0.15, 0.2) is 42.5 Å². The third kappa shape index (κ3) is 5.80. The van der Waals surface area contributed by atoms with E-state index in [-0.39, 0.29) is 6.61 Å². The summed E-state index contributed by atoms with van der Waals surface area (Å²) in [5.41, 5.74) is 5.07. The van der Waals surface area contributed by atoms with Crippen molar-refractivity contribution in [3.05, 3.63) is 64.7 Å². The van der Waals surface area contributed by atoms with Gasteiger partial charge in [0.05, 0.1) is 13.7 Å². The summed E-state index contributed by atoms with van der Waals surface area (Å²) in [6, 6.07) is 15.3. The molecule has 1 atom stereocenters. The SMILES string of the molecule is COCc1cc(CN2CCN(Cc3ccccc3C)C(CCO)C2)ccc1OC. The van der Waals surface area contributed by atoms with Gasteiger partial charge < -0.3 is 14.6 Å². The summed E-state index contributed by atoms with van der Waals surface area (Å²) in [4.78, 5) is 5.02. The van der Waals surface area contributed by atoms with Crippen LogP contribution in [0.25, 0.3) is 0 Å². The van der Waals surface area contributed by atoms with Gasteiger partial charge in [-0.15, -0.1) is 0 Å². The molecule has 1 aliphatic rings. The van der Waals surface area contributed by atoms with Gasteiger partial charge in [-0.3, -0.25) is 9.80 Å². The zero-order chi connectivity index (χ0) is 20.6. The molecule has 0 bridgehead atoms. The Morgan fingerprint density at radius 1 is 1.03 bits per heavy atom. The summed E-state index contributed by atoms with van der Waals surface area (Å²) in [5, 5.41) is 9.61. The maximum absolute atomic E-state index is 9.61. The molecule has 0 spiro atoms. The number of hydrogen-bond acceptors (Lipinski definition) is 5. The molecule has 5 nitrogen and oxygen atoms in total. The van der Waals surface area contributed by atoms with Gasteiger partial charge in [-0.05, 0) is 42.2 Å². The van der Waals surface area contributed by atoms with Crippen LogP contribution < -0.4 is 4.74 Å². The summed E-state index contributed by atoms with van der Waals surface area (Å²) in [7, 11) is 3.40. The molecule has 0 radical (unpaired) electrons. The van der Waals surface area contributed by atoms with Gasteiger partial charge in [0, 0.05) is 58.0 Å². The molecule has 1 fully saturated rings. The van der Waals surface area contributed by atoms with Gasteiger partial charge >= 0.3 is 0 Å². The number of aliphatic hydroxyl groups is 1. The Morgan fingerprint density at radius 3 is 2.59 bits per heavy atom. The van der Waals surface area contributed by atoms with E-state index in [1.165, 1.54) is 16.7 Å². The minimum Gasteiger partial charge on any atom is -0.496 e. The number of hydrogen-bond donors (Lipinski definition) is 1. The first-order valence-electron chi connectivity index (χ1n) is 10.4. The van der Waals surface area contributed by atoms with E-state index < -0.39 is 0 Å². The molecule has 0 aliphatic carbocycles. The molecule has 1 saturated heterocycles.